The minimum atomic E-state index is -0.514. The second kappa shape index (κ2) is 9.14. The number of hydrogen-bond acceptors (Lipinski definition) is 5. The van der Waals surface area contributed by atoms with E-state index in [4.69, 9.17) is 9.15 Å². The highest BCUT2D eigenvalue weighted by Gasteiger charge is 2.13. The van der Waals surface area contributed by atoms with Crippen LogP contribution in [0.2, 0.25) is 0 Å². The zero-order valence-electron chi connectivity index (χ0n) is 14.5. The zero-order valence-corrected chi connectivity index (χ0v) is 14.5. The lowest BCUT2D eigenvalue weighted by Crippen LogP contribution is -2.23. The predicted molar refractivity (Wildman–Crippen MR) is 97.3 cm³/mol. The van der Waals surface area contributed by atoms with Gasteiger partial charge < -0.3 is 19.6 Å². The van der Waals surface area contributed by atoms with Gasteiger partial charge in [-0.05, 0) is 49.2 Å². The summed E-state index contributed by atoms with van der Waals surface area (Å²) < 4.78 is 10.6. The molecule has 0 atom stereocenters. The summed E-state index contributed by atoms with van der Waals surface area (Å²) >= 11 is 0. The molecule has 1 aromatic carbocycles. The van der Waals surface area contributed by atoms with Gasteiger partial charge in [0, 0.05) is 5.56 Å². The van der Waals surface area contributed by atoms with Crippen molar-refractivity contribution in [1.29, 1.82) is 5.26 Å². The number of nitriles is 1. The molecule has 1 aromatic heterocycles. The van der Waals surface area contributed by atoms with Crippen LogP contribution in [0.4, 0.5) is 0 Å². The van der Waals surface area contributed by atoms with Gasteiger partial charge in [-0.15, -0.1) is 6.58 Å². The van der Waals surface area contributed by atoms with Crippen molar-refractivity contribution in [1.82, 2.24) is 5.32 Å². The summed E-state index contributed by atoms with van der Waals surface area (Å²) in [4.78, 5) is 12.2. The molecule has 134 valence electrons. The zero-order chi connectivity index (χ0) is 18.9. The molecule has 0 radical (unpaired) electrons. The summed E-state index contributed by atoms with van der Waals surface area (Å²) in [5, 5.41) is 22.2. The molecule has 2 N–H and O–H groups in total. The van der Waals surface area contributed by atoms with Gasteiger partial charge in [-0.25, -0.2) is 0 Å². The molecule has 1 heterocycles. The number of nitrogens with zero attached hydrogens (tertiary/aromatic N) is 1. The Kier molecular flexibility index (Phi) is 6.63. The molecule has 6 heteroatoms. The molecule has 0 aliphatic heterocycles. The Balaban J connectivity index is 2.27. The number of rotatable bonds is 8. The second-order valence-electron chi connectivity index (χ2n) is 5.38. The molecule has 0 saturated carbocycles. The minimum Gasteiger partial charge on any atom is -0.504 e. The molecule has 0 bridgehead atoms. The summed E-state index contributed by atoms with van der Waals surface area (Å²) in [6.07, 6.45) is 5.04. The number of carbonyl (C=O) groups excluding carboxylic acids is 1. The quantitative estimate of drug-likeness (QED) is 0.432. The van der Waals surface area contributed by atoms with Crippen LogP contribution in [0, 0.1) is 11.3 Å². The van der Waals surface area contributed by atoms with Crippen molar-refractivity contribution in [2.45, 2.75) is 19.9 Å². The molecule has 2 aromatic rings. The van der Waals surface area contributed by atoms with E-state index in [0.717, 1.165) is 0 Å². The molecule has 0 aliphatic rings. The molecule has 0 spiro atoms. The molecular formula is C20H20N2O4. The number of furan rings is 1. The Hall–Kier alpha value is -3.46. The summed E-state index contributed by atoms with van der Waals surface area (Å²) in [5.74, 6) is 0.406. The van der Waals surface area contributed by atoms with Gasteiger partial charge >= 0.3 is 0 Å². The maximum absolute atomic E-state index is 12.2. The van der Waals surface area contributed by atoms with Crippen LogP contribution in [0.25, 0.3) is 6.08 Å². The first-order valence-electron chi connectivity index (χ1n) is 8.11. The van der Waals surface area contributed by atoms with Gasteiger partial charge in [0.05, 0.1) is 19.4 Å². The third kappa shape index (κ3) is 4.77. The van der Waals surface area contributed by atoms with Crippen LogP contribution < -0.4 is 10.1 Å². The van der Waals surface area contributed by atoms with Crippen molar-refractivity contribution < 1.29 is 19.1 Å². The van der Waals surface area contributed by atoms with Crippen LogP contribution in [-0.2, 0) is 17.8 Å². The number of amides is 1. The maximum atomic E-state index is 12.2. The van der Waals surface area contributed by atoms with Crippen LogP contribution >= 0.6 is 0 Å². The number of hydrogen-bond donors (Lipinski definition) is 2. The van der Waals surface area contributed by atoms with E-state index >= 15 is 0 Å². The molecule has 1 amide bonds. The van der Waals surface area contributed by atoms with Gasteiger partial charge in [0.15, 0.2) is 11.5 Å². The standard InChI is InChI=1S/C20H20N2O4/c1-3-6-15-9-14(11-18(19(15)23)25-4-2)10-16(12-21)20(24)22-13-17-7-5-8-26-17/h3,5,7-11,23H,1,4,6,13H2,2H3,(H,22,24). The lowest BCUT2D eigenvalue weighted by atomic mass is 10.0. The van der Waals surface area contributed by atoms with E-state index in [0.29, 0.717) is 35.7 Å². The van der Waals surface area contributed by atoms with Crippen molar-refractivity contribution in [3.63, 3.8) is 0 Å². The first-order chi connectivity index (χ1) is 12.6. The number of benzene rings is 1. The van der Waals surface area contributed by atoms with E-state index in [1.807, 2.05) is 6.07 Å². The van der Waals surface area contributed by atoms with Crippen molar-refractivity contribution in [3.8, 4) is 17.6 Å². The number of allylic oxidation sites excluding steroid dienone is 1. The Morgan fingerprint density at radius 2 is 2.31 bits per heavy atom. The average Bonchev–Trinajstić information content (AvgIpc) is 3.15. The third-order valence-electron chi connectivity index (χ3n) is 3.52. The largest absolute Gasteiger partial charge is 0.504 e. The molecule has 0 fully saturated rings. The topological polar surface area (TPSA) is 95.5 Å². The fourth-order valence-corrected chi connectivity index (χ4v) is 2.34. The molecule has 2 rings (SSSR count). The summed E-state index contributed by atoms with van der Waals surface area (Å²) in [7, 11) is 0. The monoisotopic (exact) mass is 352 g/mol. The molecule has 26 heavy (non-hydrogen) atoms. The van der Waals surface area contributed by atoms with Gasteiger partial charge in [0.2, 0.25) is 0 Å². The number of phenolic OH excluding ortho intramolecular Hbond substituents is 1. The molecule has 0 aliphatic carbocycles. The van der Waals surface area contributed by atoms with E-state index in [2.05, 4.69) is 11.9 Å². The Labute approximate surface area is 152 Å². The van der Waals surface area contributed by atoms with Crippen molar-refractivity contribution in [2.24, 2.45) is 0 Å². The molecule has 6 nitrogen and oxygen atoms in total. The number of ether oxygens (including phenoxy) is 1. The van der Waals surface area contributed by atoms with Crippen molar-refractivity contribution in [3.05, 3.63) is 65.6 Å². The second-order valence-corrected chi connectivity index (χ2v) is 5.38. The lowest BCUT2D eigenvalue weighted by molar-refractivity contribution is -0.117. The van der Waals surface area contributed by atoms with E-state index in [1.165, 1.54) is 12.3 Å². The lowest BCUT2D eigenvalue weighted by Gasteiger charge is -2.11. The Morgan fingerprint density at radius 1 is 1.50 bits per heavy atom. The fourth-order valence-electron chi connectivity index (χ4n) is 2.34. The van der Waals surface area contributed by atoms with Crippen LogP contribution in [0.3, 0.4) is 0 Å². The fraction of sp³-hybridized carbons (Fsp3) is 0.200. The van der Waals surface area contributed by atoms with Gasteiger partial charge in [0.25, 0.3) is 5.91 Å². The van der Waals surface area contributed by atoms with Crippen LogP contribution in [0.5, 0.6) is 11.5 Å². The van der Waals surface area contributed by atoms with Gasteiger partial charge in [-0.2, -0.15) is 5.26 Å². The number of phenols is 1. The van der Waals surface area contributed by atoms with E-state index in [1.54, 1.807) is 37.3 Å². The third-order valence-corrected chi connectivity index (χ3v) is 3.52. The van der Waals surface area contributed by atoms with Gasteiger partial charge in [-0.3, -0.25) is 4.79 Å². The average molecular weight is 352 g/mol. The van der Waals surface area contributed by atoms with E-state index < -0.39 is 5.91 Å². The number of nitrogens with one attached hydrogen (secondary N) is 1. The number of aromatic hydroxyl groups is 1. The van der Waals surface area contributed by atoms with Gasteiger partial charge in [0.1, 0.15) is 17.4 Å². The molecule has 0 unspecified atom stereocenters. The van der Waals surface area contributed by atoms with Crippen molar-refractivity contribution >= 4 is 12.0 Å². The first kappa shape index (κ1) is 18.9. The normalized spacial score (nSPS) is 10.8. The molecular weight excluding hydrogens is 332 g/mol. The highest BCUT2D eigenvalue weighted by atomic mass is 16.5. The maximum Gasteiger partial charge on any atom is 0.262 e. The SMILES string of the molecule is C=CCc1cc(C=C(C#N)C(=O)NCc2ccco2)cc(OCC)c1O. The van der Waals surface area contributed by atoms with E-state index in [-0.39, 0.29) is 17.9 Å². The van der Waals surface area contributed by atoms with Gasteiger partial charge in [-0.1, -0.05) is 6.08 Å². The highest BCUT2D eigenvalue weighted by Crippen LogP contribution is 2.33. The smallest absolute Gasteiger partial charge is 0.262 e. The summed E-state index contributed by atoms with van der Waals surface area (Å²) in [5.41, 5.74) is 1.12. The van der Waals surface area contributed by atoms with E-state index in [9.17, 15) is 15.2 Å². The predicted octanol–water partition coefficient (Wildman–Crippen LogP) is 3.34. The number of carbonyl (C=O) groups is 1. The molecule has 0 saturated heterocycles. The first-order valence-corrected chi connectivity index (χ1v) is 8.11. The Morgan fingerprint density at radius 3 is 2.92 bits per heavy atom. The summed E-state index contributed by atoms with van der Waals surface area (Å²) in [6.45, 7) is 6.03. The Bertz CT molecular complexity index is 845. The van der Waals surface area contributed by atoms with Crippen LogP contribution in [0.15, 0.2) is 53.2 Å². The minimum absolute atomic E-state index is 0.0321. The van der Waals surface area contributed by atoms with Crippen LogP contribution in [0.1, 0.15) is 23.8 Å². The summed E-state index contributed by atoms with van der Waals surface area (Å²) in [6, 6.07) is 8.62. The van der Waals surface area contributed by atoms with Crippen molar-refractivity contribution in [2.75, 3.05) is 6.61 Å². The van der Waals surface area contributed by atoms with Crippen LogP contribution in [-0.4, -0.2) is 17.6 Å². The highest BCUT2D eigenvalue weighted by molar-refractivity contribution is 6.01.